The minimum atomic E-state index is 0.490. The van der Waals surface area contributed by atoms with Crippen LogP contribution in [0.5, 0.6) is 0 Å². The first-order valence-electron chi connectivity index (χ1n) is 10.1. The van der Waals surface area contributed by atoms with E-state index < -0.39 is 0 Å². The van der Waals surface area contributed by atoms with Gasteiger partial charge in [0.05, 0.1) is 0 Å². The van der Waals surface area contributed by atoms with E-state index in [1.807, 2.05) is 24.3 Å². The minimum absolute atomic E-state index is 0.490. The van der Waals surface area contributed by atoms with E-state index in [0.29, 0.717) is 10.7 Å². The third-order valence-corrected chi connectivity index (χ3v) is 5.78. The van der Waals surface area contributed by atoms with Crippen LogP contribution in [0.25, 0.3) is 22.4 Å². The maximum absolute atomic E-state index is 6.01. The molecule has 1 aliphatic heterocycles. The van der Waals surface area contributed by atoms with Gasteiger partial charge in [-0.2, -0.15) is 4.98 Å². The zero-order chi connectivity index (χ0) is 19.3. The highest BCUT2D eigenvalue weighted by Gasteiger charge is 2.20. The molecule has 0 aliphatic carbocycles. The highest BCUT2D eigenvalue weighted by atomic mass is 35.5. The first-order valence-corrected chi connectivity index (χ1v) is 10.5. The van der Waals surface area contributed by atoms with Crippen LogP contribution in [-0.2, 0) is 0 Å². The lowest BCUT2D eigenvalue weighted by Crippen LogP contribution is -2.40. The van der Waals surface area contributed by atoms with Crippen LogP contribution in [0, 0.1) is 0 Å². The SMILES string of the molecule is CC[C@@H]1CCCCN1CCCNc1ncnc2onc(-c3ccc(Cl)cc3)c12. The number of rotatable bonds is 7. The summed E-state index contributed by atoms with van der Waals surface area (Å²) in [5, 5.41) is 9.18. The number of nitrogens with zero attached hydrogens (tertiary/aromatic N) is 4. The molecule has 3 aromatic rings. The lowest BCUT2D eigenvalue weighted by atomic mass is 10.00. The zero-order valence-electron chi connectivity index (χ0n) is 16.2. The number of halogens is 1. The van der Waals surface area contributed by atoms with Gasteiger partial charge in [0, 0.05) is 29.7 Å². The number of nitrogens with one attached hydrogen (secondary N) is 1. The summed E-state index contributed by atoms with van der Waals surface area (Å²) in [7, 11) is 0. The Labute approximate surface area is 170 Å². The summed E-state index contributed by atoms with van der Waals surface area (Å²) in [6.07, 6.45) is 7.85. The number of fused-ring (bicyclic) bond motifs is 1. The van der Waals surface area contributed by atoms with Crippen LogP contribution >= 0.6 is 11.6 Å². The molecule has 4 rings (SSSR count). The number of likely N-dealkylation sites (tertiary alicyclic amines) is 1. The van der Waals surface area contributed by atoms with Gasteiger partial charge in [0.2, 0.25) is 0 Å². The number of anilines is 1. The largest absolute Gasteiger partial charge is 0.369 e. The summed E-state index contributed by atoms with van der Waals surface area (Å²) in [6.45, 7) is 5.49. The first kappa shape index (κ1) is 19.2. The van der Waals surface area contributed by atoms with E-state index in [9.17, 15) is 0 Å². The average Bonchev–Trinajstić information content (AvgIpc) is 3.17. The molecule has 1 fully saturated rings. The van der Waals surface area contributed by atoms with Gasteiger partial charge in [-0.15, -0.1) is 0 Å². The van der Waals surface area contributed by atoms with Crippen molar-refractivity contribution in [3.05, 3.63) is 35.6 Å². The van der Waals surface area contributed by atoms with Crippen molar-refractivity contribution < 1.29 is 4.52 Å². The van der Waals surface area contributed by atoms with Crippen molar-refractivity contribution in [3.8, 4) is 11.3 Å². The third kappa shape index (κ3) is 4.13. The van der Waals surface area contributed by atoms with Crippen LogP contribution in [0.1, 0.15) is 39.0 Å². The number of aromatic nitrogens is 3. The van der Waals surface area contributed by atoms with Crippen molar-refractivity contribution in [1.82, 2.24) is 20.0 Å². The third-order valence-electron chi connectivity index (χ3n) is 5.53. The van der Waals surface area contributed by atoms with Gasteiger partial charge in [-0.25, -0.2) is 4.98 Å². The second-order valence-corrected chi connectivity index (χ2v) is 7.75. The van der Waals surface area contributed by atoms with Crippen molar-refractivity contribution in [1.29, 1.82) is 0 Å². The molecule has 0 bridgehead atoms. The molecule has 0 amide bonds. The molecule has 1 N–H and O–H groups in total. The lowest BCUT2D eigenvalue weighted by Gasteiger charge is -2.35. The molecule has 1 aliphatic rings. The Kier molecular flexibility index (Phi) is 6.07. The number of piperidine rings is 1. The van der Waals surface area contributed by atoms with Gasteiger partial charge in [-0.05, 0) is 44.4 Å². The molecule has 0 spiro atoms. The van der Waals surface area contributed by atoms with E-state index >= 15 is 0 Å². The maximum atomic E-state index is 6.01. The molecule has 6 nitrogen and oxygen atoms in total. The van der Waals surface area contributed by atoms with Crippen molar-refractivity contribution in [3.63, 3.8) is 0 Å². The van der Waals surface area contributed by atoms with Crippen LogP contribution < -0.4 is 5.32 Å². The quantitative estimate of drug-likeness (QED) is 0.563. The molecule has 1 atom stereocenters. The molecular formula is C21H26ClN5O. The number of benzene rings is 1. The molecule has 1 aromatic carbocycles. The van der Waals surface area contributed by atoms with E-state index in [-0.39, 0.29) is 0 Å². The molecule has 2 aromatic heterocycles. The predicted octanol–water partition coefficient (Wildman–Crippen LogP) is 5.00. The molecule has 7 heteroatoms. The van der Waals surface area contributed by atoms with Gasteiger partial charge in [0.25, 0.3) is 5.71 Å². The zero-order valence-corrected chi connectivity index (χ0v) is 17.0. The van der Waals surface area contributed by atoms with Crippen molar-refractivity contribution in [2.45, 2.75) is 45.1 Å². The summed E-state index contributed by atoms with van der Waals surface area (Å²) < 4.78 is 5.42. The Hall–Kier alpha value is -2.18. The summed E-state index contributed by atoms with van der Waals surface area (Å²) in [5.41, 5.74) is 2.15. The Bertz CT molecular complexity index is 911. The van der Waals surface area contributed by atoms with Gasteiger partial charge < -0.3 is 14.7 Å². The number of hydrogen-bond acceptors (Lipinski definition) is 6. The van der Waals surface area contributed by atoms with Gasteiger partial charge in [0.15, 0.2) is 0 Å². The monoisotopic (exact) mass is 399 g/mol. The Morgan fingerprint density at radius 1 is 1.21 bits per heavy atom. The van der Waals surface area contributed by atoms with Crippen molar-refractivity contribution in [2.24, 2.45) is 0 Å². The fourth-order valence-electron chi connectivity index (χ4n) is 4.03. The van der Waals surface area contributed by atoms with Crippen LogP contribution in [0.2, 0.25) is 5.02 Å². The molecule has 28 heavy (non-hydrogen) atoms. The smallest absolute Gasteiger partial charge is 0.263 e. The highest BCUT2D eigenvalue weighted by molar-refractivity contribution is 6.30. The van der Waals surface area contributed by atoms with Crippen LogP contribution in [0.4, 0.5) is 5.82 Å². The van der Waals surface area contributed by atoms with E-state index in [0.717, 1.165) is 48.0 Å². The van der Waals surface area contributed by atoms with E-state index in [2.05, 4.69) is 32.3 Å². The average molecular weight is 400 g/mol. The Morgan fingerprint density at radius 3 is 2.89 bits per heavy atom. The second-order valence-electron chi connectivity index (χ2n) is 7.31. The highest BCUT2D eigenvalue weighted by Crippen LogP contribution is 2.31. The Balaban J connectivity index is 1.45. The molecule has 0 unspecified atom stereocenters. The predicted molar refractivity (Wildman–Crippen MR) is 113 cm³/mol. The first-order chi connectivity index (χ1) is 13.8. The minimum Gasteiger partial charge on any atom is -0.369 e. The van der Waals surface area contributed by atoms with Gasteiger partial charge in [-0.1, -0.05) is 42.2 Å². The molecule has 3 heterocycles. The molecule has 0 radical (unpaired) electrons. The molecular weight excluding hydrogens is 374 g/mol. The van der Waals surface area contributed by atoms with Crippen LogP contribution in [0.15, 0.2) is 35.1 Å². The van der Waals surface area contributed by atoms with Gasteiger partial charge in [0.1, 0.15) is 23.2 Å². The van der Waals surface area contributed by atoms with E-state index in [1.165, 1.54) is 38.6 Å². The summed E-state index contributed by atoms with van der Waals surface area (Å²) in [5.74, 6) is 0.766. The van der Waals surface area contributed by atoms with E-state index in [4.69, 9.17) is 16.1 Å². The molecule has 1 saturated heterocycles. The molecule has 0 saturated carbocycles. The van der Waals surface area contributed by atoms with Crippen molar-refractivity contribution >= 4 is 28.5 Å². The molecule has 148 valence electrons. The summed E-state index contributed by atoms with van der Waals surface area (Å²) in [4.78, 5) is 11.3. The normalized spacial score (nSPS) is 17.9. The van der Waals surface area contributed by atoms with Gasteiger partial charge in [-0.3, -0.25) is 0 Å². The second kappa shape index (κ2) is 8.88. The summed E-state index contributed by atoms with van der Waals surface area (Å²) >= 11 is 6.01. The maximum Gasteiger partial charge on any atom is 0.263 e. The Morgan fingerprint density at radius 2 is 2.07 bits per heavy atom. The van der Waals surface area contributed by atoms with E-state index in [1.54, 1.807) is 0 Å². The summed E-state index contributed by atoms with van der Waals surface area (Å²) in [6, 6.07) is 8.29. The standard InChI is InChI=1S/C21H26ClN5O/c1-2-17-6-3-4-12-27(17)13-5-11-23-20-18-19(15-7-9-16(22)10-8-15)26-28-21(18)25-14-24-20/h7-10,14,17H,2-6,11-13H2,1H3,(H,23,24,25)/t17-/m1/s1. The number of hydrogen-bond donors (Lipinski definition) is 1. The van der Waals surface area contributed by atoms with Crippen LogP contribution in [-0.4, -0.2) is 45.7 Å². The topological polar surface area (TPSA) is 67.1 Å². The fourth-order valence-corrected chi connectivity index (χ4v) is 4.16. The lowest BCUT2D eigenvalue weighted by molar-refractivity contribution is 0.144. The van der Waals surface area contributed by atoms with Gasteiger partial charge >= 0.3 is 0 Å². The van der Waals surface area contributed by atoms with Crippen molar-refractivity contribution in [2.75, 3.05) is 25.0 Å². The van der Waals surface area contributed by atoms with Crippen LogP contribution in [0.3, 0.4) is 0 Å². The fraction of sp³-hybridized carbons (Fsp3) is 0.476.